The van der Waals surface area contributed by atoms with E-state index in [1.54, 1.807) is 0 Å². The van der Waals surface area contributed by atoms with Gasteiger partial charge in [-0.15, -0.1) is 0 Å². The highest BCUT2D eigenvalue weighted by molar-refractivity contribution is 5.91. The van der Waals surface area contributed by atoms with Crippen molar-refractivity contribution < 1.29 is 14.6 Å². The van der Waals surface area contributed by atoms with Crippen LogP contribution in [0.15, 0.2) is 53.8 Å². The number of phenols is 1. The van der Waals surface area contributed by atoms with Crippen molar-refractivity contribution in [2.45, 2.75) is 27.2 Å². The van der Waals surface area contributed by atoms with E-state index in [1.165, 1.54) is 5.57 Å². The van der Waals surface area contributed by atoms with E-state index in [2.05, 4.69) is 0 Å². The molecule has 0 atom stereocenters. The normalized spacial score (nSPS) is 13.6. The van der Waals surface area contributed by atoms with Gasteiger partial charge in [-0.1, -0.05) is 35.9 Å². The number of hydrogen-bond donors (Lipinski definition) is 1. The van der Waals surface area contributed by atoms with E-state index in [0.717, 1.165) is 11.3 Å². The SMILES string of the molecule is C/C=C/C=C/C1=C(c2ccc(CC=C(C)C)c(O)c2C=O)O1. The van der Waals surface area contributed by atoms with E-state index in [-0.39, 0.29) is 11.3 Å². The minimum atomic E-state index is 0.0322. The first-order valence-electron chi connectivity index (χ1n) is 7.23. The molecule has 0 radical (unpaired) electrons. The molecule has 0 saturated heterocycles. The topological polar surface area (TPSA) is 49.8 Å². The molecule has 0 unspecified atom stereocenters. The Morgan fingerprint density at radius 3 is 2.68 bits per heavy atom. The molecule has 3 nitrogen and oxygen atoms in total. The molecule has 0 aromatic heterocycles. The van der Waals surface area contributed by atoms with Crippen LogP contribution in [0.4, 0.5) is 0 Å². The van der Waals surface area contributed by atoms with Gasteiger partial charge in [-0.2, -0.15) is 0 Å². The molecule has 0 bridgehead atoms. The van der Waals surface area contributed by atoms with Gasteiger partial charge in [0.2, 0.25) is 0 Å². The lowest BCUT2D eigenvalue weighted by molar-refractivity contribution is 0.112. The summed E-state index contributed by atoms with van der Waals surface area (Å²) in [6, 6.07) is 3.66. The molecule has 1 N–H and O–H groups in total. The first kappa shape index (κ1) is 15.8. The quantitative estimate of drug-likeness (QED) is 0.476. The predicted octanol–water partition coefficient (Wildman–Crippen LogP) is 4.54. The van der Waals surface area contributed by atoms with Crippen LogP contribution >= 0.6 is 0 Å². The summed E-state index contributed by atoms with van der Waals surface area (Å²) >= 11 is 0. The van der Waals surface area contributed by atoms with E-state index in [4.69, 9.17) is 4.74 Å². The fourth-order valence-corrected chi connectivity index (χ4v) is 2.09. The maximum Gasteiger partial charge on any atom is 0.178 e. The minimum absolute atomic E-state index is 0.0322. The maximum atomic E-state index is 11.4. The van der Waals surface area contributed by atoms with Crippen LogP contribution in [0.3, 0.4) is 0 Å². The summed E-state index contributed by atoms with van der Waals surface area (Å²) in [4.78, 5) is 11.4. The number of aromatic hydroxyl groups is 1. The average molecular weight is 296 g/mol. The first-order chi connectivity index (χ1) is 10.6. The second-order valence-electron chi connectivity index (χ2n) is 5.32. The molecule has 1 aromatic carbocycles. The van der Waals surface area contributed by atoms with Gasteiger partial charge in [0.15, 0.2) is 17.8 Å². The van der Waals surface area contributed by atoms with Crippen LogP contribution < -0.4 is 0 Å². The Morgan fingerprint density at radius 1 is 1.27 bits per heavy atom. The van der Waals surface area contributed by atoms with Crippen molar-refractivity contribution in [2.24, 2.45) is 0 Å². The number of rotatable bonds is 6. The number of ether oxygens (including phenoxy) is 1. The van der Waals surface area contributed by atoms with Crippen molar-refractivity contribution in [1.82, 2.24) is 0 Å². The van der Waals surface area contributed by atoms with Gasteiger partial charge in [-0.3, -0.25) is 4.79 Å². The fraction of sp³-hybridized carbons (Fsp3) is 0.211. The van der Waals surface area contributed by atoms with Gasteiger partial charge in [0, 0.05) is 5.56 Å². The summed E-state index contributed by atoms with van der Waals surface area (Å²) < 4.78 is 5.42. The maximum absolute atomic E-state index is 11.4. The molecule has 0 saturated carbocycles. The number of aldehydes is 1. The van der Waals surface area contributed by atoms with Crippen molar-refractivity contribution in [3.8, 4) is 5.75 Å². The molecular weight excluding hydrogens is 276 g/mol. The van der Waals surface area contributed by atoms with Gasteiger partial charge in [-0.25, -0.2) is 0 Å². The number of carbonyl (C=O) groups is 1. The van der Waals surface area contributed by atoms with Crippen molar-refractivity contribution in [3.05, 3.63) is 70.5 Å². The lowest BCUT2D eigenvalue weighted by atomic mass is 9.99. The summed E-state index contributed by atoms with van der Waals surface area (Å²) in [7, 11) is 0. The highest BCUT2D eigenvalue weighted by atomic mass is 16.6. The zero-order chi connectivity index (χ0) is 16.1. The Morgan fingerprint density at radius 2 is 2.05 bits per heavy atom. The van der Waals surface area contributed by atoms with Crippen molar-refractivity contribution in [1.29, 1.82) is 0 Å². The van der Waals surface area contributed by atoms with Crippen molar-refractivity contribution in [3.63, 3.8) is 0 Å². The summed E-state index contributed by atoms with van der Waals surface area (Å²) in [6.45, 7) is 5.93. The largest absolute Gasteiger partial charge is 0.507 e. The smallest absolute Gasteiger partial charge is 0.178 e. The second-order valence-corrected chi connectivity index (χ2v) is 5.32. The number of benzene rings is 1. The molecular formula is C19H20O3. The van der Waals surface area contributed by atoms with E-state index in [9.17, 15) is 9.90 Å². The highest BCUT2D eigenvalue weighted by Gasteiger charge is 2.28. The molecule has 1 aliphatic rings. The van der Waals surface area contributed by atoms with E-state index >= 15 is 0 Å². The molecule has 3 heteroatoms. The second kappa shape index (κ2) is 6.94. The molecule has 0 spiro atoms. The molecule has 0 amide bonds. The monoisotopic (exact) mass is 296 g/mol. The number of allylic oxidation sites excluding steroid dienone is 6. The van der Waals surface area contributed by atoms with Gasteiger partial charge in [0.1, 0.15) is 5.75 Å². The summed E-state index contributed by atoms with van der Waals surface area (Å²) in [5.74, 6) is 1.40. The van der Waals surface area contributed by atoms with Gasteiger partial charge in [0.25, 0.3) is 0 Å². The standard InChI is InChI=1S/C19H20O3/c1-4-5-6-7-17-19(22-17)15-11-10-14(9-8-13(2)3)18(21)16(15)12-20/h4-8,10-12,21H,9H2,1-3H3/b5-4+,7-6+. The fourth-order valence-electron chi connectivity index (χ4n) is 2.09. The van der Waals surface area contributed by atoms with Crippen LogP contribution in [0.5, 0.6) is 5.75 Å². The Kier molecular flexibility index (Phi) is 4.99. The van der Waals surface area contributed by atoms with Crippen molar-refractivity contribution >= 4 is 12.0 Å². The van der Waals surface area contributed by atoms with Crippen molar-refractivity contribution in [2.75, 3.05) is 0 Å². The van der Waals surface area contributed by atoms with Gasteiger partial charge < -0.3 is 9.84 Å². The van der Waals surface area contributed by atoms with Crippen LogP contribution in [0.25, 0.3) is 5.76 Å². The minimum Gasteiger partial charge on any atom is -0.507 e. The van der Waals surface area contributed by atoms with Crippen LogP contribution in [-0.2, 0) is 11.2 Å². The predicted molar refractivity (Wildman–Crippen MR) is 88.6 cm³/mol. The lowest BCUT2D eigenvalue weighted by Gasteiger charge is -2.07. The molecule has 1 heterocycles. The molecule has 114 valence electrons. The Bertz CT molecular complexity index is 700. The zero-order valence-corrected chi connectivity index (χ0v) is 13.1. The molecule has 1 aliphatic heterocycles. The highest BCUT2D eigenvalue weighted by Crippen LogP contribution is 2.41. The van der Waals surface area contributed by atoms with Crippen LogP contribution in [-0.4, -0.2) is 11.4 Å². The Hall–Kier alpha value is -2.55. The Balaban J connectivity index is 2.33. The number of hydrogen-bond acceptors (Lipinski definition) is 3. The average Bonchev–Trinajstić information content (AvgIpc) is 3.25. The van der Waals surface area contributed by atoms with E-state index in [1.807, 2.05) is 63.3 Å². The zero-order valence-electron chi connectivity index (χ0n) is 13.1. The summed E-state index contributed by atoms with van der Waals surface area (Å²) in [5, 5.41) is 10.3. The number of carbonyl (C=O) groups excluding carboxylic acids is 1. The molecule has 1 aromatic rings. The Labute approximate surface area is 130 Å². The van der Waals surface area contributed by atoms with E-state index < -0.39 is 0 Å². The lowest BCUT2D eigenvalue weighted by Crippen LogP contribution is -1.94. The van der Waals surface area contributed by atoms with Crippen LogP contribution in [0, 0.1) is 0 Å². The third kappa shape index (κ3) is 3.55. The third-order valence-corrected chi connectivity index (χ3v) is 3.34. The van der Waals surface area contributed by atoms with Gasteiger partial charge in [0.05, 0.1) is 5.56 Å². The summed E-state index contributed by atoms with van der Waals surface area (Å²) in [5.41, 5.74) is 2.82. The summed E-state index contributed by atoms with van der Waals surface area (Å²) in [6.07, 6.45) is 10.8. The van der Waals surface area contributed by atoms with Crippen LogP contribution in [0.1, 0.15) is 42.3 Å². The van der Waals surface area contributed by atoms with Gasteiger partial charge >= 0.3 is 0 Å². The molecule has 22 heavy (non-hydrogen) atoms. The van der Waals surface area contributed by atoms with E-state index in [0.29, 0.717) is 24.0 Å². The first-order valence-corrected chi connectivity index (χ1v) is 7.23. The molecule has 2 rings (SSSR count). The molecule has 0 fully saturated rings. The number of phenolic OH excluding ortho intramolecular Hbond substituents is 1. The van der Waals surface area contributed by atoms with Gasteiger partial charge in [-0.05, 0) is 44.9 Å². The molecule has 0 aliphatic carbocycles. The van der Waals surface area contributed by atoms with Crippen LogP contribution in [0.2, 0.25) is 0 Å². The third-order valence-electron chi connectivity index (χ3n) is 3.34.